The molecule has 30 heavy (non-hydrogen) atoms. The molecule has 0 saturated heterocycles. The molecule has 2 heterocycles. The van der Waals surface area contributed by atoms with E-state index in [-0.39, 0.29) is 16.9 Å². The molecule has 0 fully saturated rings. The number of carbonyl (C=O) groups is 1. The van der Waals surface area contributed by atoms with Crippen LogP contribution in [0.15, 0.2) is 46.0 Å². The molecule has 0 aliphatic carbocycles. The average molecular weight is 522 g/mol. The number of benzene rings is 2. The Labute approximate surface area is 183 Å². The van der Waals surface area contributed by atoms with Crippen molar-refractivity contribution in [3.8, 4) is 23.1 Å². The molecule has 3 aromatic rings. The van der Waals surface area contributed by atoms with Crippen LogP contribution in [0.5, 0.6) is 17.4 Å². The van der Waals surface area contributed by atoms with Gasteiger partial charge in [0.2, 0.25) is 5.88 Å². The second-order valence-corrected chi connectivity index (χ2v) is 7.60. The van der Waals surface area contributed by atoms with Gasteiger partial charge in [-0.05, 0) is 52.9 Å². The van der Waals surface area contributed by atoms with Crippen molar-refractivity contribution in [2.24, 2.45) is 0 Å². The third-order valence-electron chi connectivity index (χ3n) is 4.76. The summed E-state index contributed by atoms with van der Waals surface area (Å²) in [7, 11) is 2.80. The largest absolute Gasteiger partial charge is 0.494 e. The van der Waals surface area contributed by atoms with E-state index in [1.54, 1.807) is 36.4 Å². The van der Waals surface area contributed by atoms with Crippen LogP contribution in [-0.4, -0.2) is 34.8 Å². The molecule has 2 N–H and O–H groups in total. The molecular formula is C20H15IN2O7. The van der Waals surface area contributed by atoms with Crippen LogP contribution in [0.2, 0.25) is 0 Å². The van der Waals surface area contributed by atoms with Crippen LogP contribution >= 0.6 is 22.6 Å². The molecule has 0 saturated carbocycles. The van der Waals surface area contributed by atoms with E-state index in [0.29, 0.717) is 17.0 Å². The van der Waals surface area contributed by atoms with E-state index in [4.69, 9.17) is 14.2 Å². The van der Waals surface area contributed by atoms with Crippen LogP contribution in [0.4, 0.5) is 0 Å². The van der Waals surface area contributed by atoms with Gasteiger partial charge in [-0.25, -0.2) is 14.2 Å². The van der Waals surface area contributed by atoms with E-state index in [0.717, 1.165) is 8.14 Å². The Hall–Kier alpha value is -3.28. The van der Waals surface area contributed by atoms with E-state index >= 15 is 0 Å². The lowest BCUT2D eigenvalue weighted by atomic mass is 9.99. The van der Waals surface area contributed by atoms with Crippen LogP contribution in [0.1, 0.15) is 27.6 Å². The lowest BCUT2D eigenvalue weighted by Gasteiger charge is -2.16. The molecule has 1 atom stereocenters. The fraction of sp³-hybridized carbons (Fsp3) is 0.150. The molecule has 4 rings (SSSR count). The maximum absolute atomic E-state index is 12.6. The number of ether oxygens (including phenoxy) is 3. The summed E-state index contributed by atoms with van der Waals surface area (Å²) in [5, 5.41) is 10.9. The Morgan fingerprint density at radius 3 is 2.40 bits per heavy atom. The number of esters is 1. The van der Waals surface area contributed by atoms with E-state index in [9.17, 15) is 19.5 Å². The molecule has 9 nitrogen and oxygen atoms in total. The van der Waals surface area contributed by atoms with Crippen LogP contribution in [0.25, 0.3) is 5.69 Å². The summed E-state index contributed by atoms with van der Waals surface area (Å²) in [5.74, 6) is -0.887. The molecule has 0 bridgehead atoms. The van der Waals surface area contributed by atoms with Crippen LogP contribution < -0.4 is 20.7 Å². The Morgan fingerprint density at radius 1 is 1.07 bits per heavy atom. The minimum Gasteiger partial charge on any atom is -0.494 e. The maximum atomic E-state index is 12.6. The lowest BCUT2D eigenvalue weighted by Crippen LogP contribution is -2.32. The predicted octanol–water partition coefficient (Wildman–Crippen LogP) is 2.11. The standard InChI is InChI=1S/C20H15IN2O7/c1-28-12-8-7-11-13(16(12)29-2)19(26)30-15(11)14-17(24)22-20(27)23(18(14)25)10-5-3-9(21)4-6-10/h3-8,15,25H,1-2H3,(H,22,24,27). The summed E-state index contributed by atoms with van der Waals surface area (Å²) in [6.07, 6.45) is -1.23. The number of aromatic amines is 1. The summed E-state index contributed by atoms with van der Waals surface area (Å²) in [6, 6.07) is 9.84. The number of carbonyl (C=O) groups excluding carboxylic acids is 1. The van der Waals surface area contributed by atoms with Gasteiger partial charge in [0.1, 0.15) is 11.1 Å². The fourth-order valence-electron chi connectivity index (χ4n) is 3.42. The number of aromatic nitrogens is 2. The third kappa shape index (κ3) is 3.03. The highest BCUT2D eigenvalue weighted by atomic mass is 127. The lowest BCUT2D eigenvalue weighted by molar-refractivity contribution is 0.0447. The summed E-state index contributed by atoms with van der Waals surface area (Å²) < 4.78 is 17.8. The Morgan fingerprint density at radius 2 is 1.77 bits per heavy atom. The zero-order valence-corrected chi connectivity index (χ0v) is 17.9. The quantitative estimate of drug-likeness (QED) is 0.398. The van der Waals surface area contributed by atoms with Crippen molar-refractivity contribution in [2.75, 3.05) is 14.2 Å². The first-order valence-corrected chi connectivity index (χ1v) is 9.75. The number of nitrogens with one attached hydrogen (secondary N) is 1. The summed E-state index contributed by atoms with van der Waals surface area (Å²) in [5.41, 5.74) is -1.21. The number of rotatable bonds is 4. The van der Waals surface area contributed by atoms with Gasteiger partial charge in [0, 0.05) is 9.13 Å². The zero-order chi connectivity index (χ0) is 21.6. The topological polar surface area (TPSA) is 120 Å². The SMILES string of the molecule is COc1ccc2c(c1OC)C(=O)OC2c1c(O)n(-c2ccc(I)cc2)c(=O)[nH]c1=O. The smallest absolute Gasteiger partial charge is 0.343 e. The van der Waals surface area contributed by atoms with Crippen molar-refractivity contribution < 1.29 is 24.1 Å². The van der Waals surface area contributed by atoms with E-state index in [2.05, 4.69) is 27.6 Å². The fourth-order valence-corrected chi connectivity index (χ4v) is 3.78. The minimum atomic E-state index is -1.23. The number of aromatic hydroxyl groups is 1. The van der Waals surface area contributed by atoms with E-state index in [1.165, 1.54) is 14.2 Å². The van der Waals surface area contributed by atoms with Crippen LogP contribution in [-0.2, 0) is 4.74 Å². The highest BCUT2D eigenvalue weighted by Crippen LogP contribution is 2.45. The van der Waals surface area contributed by atoms with Gasteiger partial charge in [-0.2, -0.15) is 0 Å². The molecule has 1 aliphatic heterocycles. The van der Waals surface area contributed by atoms with Gasteiger partial charge in [-0.3, -0.25) is 9.78 Å². The molecule has 2 aromatic carbocycles. The van der Waals surface area contributed by atoms with Crippen molar-refractivity contribution in [2.45, 2.75) is 6.10 Å². The molecule has 0 spiro atoms. The predicted molar refractivity (Wildman–Crippen MR) is 114 cm³/mol. The van der Waals surface area contributed by atoms with Gasteiger partial charge in [0.25, 0.3) is 5.56 Å². The van der Waals surface area contributed by atoms with Gasteiger partial charge in [-0.1, -0.05) is 6.07 Å². The normalized spacial score (nSPS) is 14.9. The number of cyclic esters (lactones) is 1. The first-order chi connectivity index (χ1) is 14.4. The number of methoxy groups -OCH3 is 2. The molecular weight excluding hydrogens is 507 g/mol. The second-order valence-electron chi connectivity index (χ2n) is 6.36. The Bertz CT molecular complexity index is 1280. The van der Waals surface area contributed by atoms with Crippen LogP contribution in [0.3, 0.4) is 0 Å². The minimum absolute atomic E-state index is 0.0904. The van der Waals surface area contributed by atoms with E-state index < -0.39 is 29.2 Å². The monoisotopic (exact) mass is 522 g/mol. The molecule has 0 radical (unpaired) electrons. The summed E-state index contributed by atoms with van der Waals surface area (Å²) in [4.78, 5) is 39.7. The first kappa shape index (κ1) is 20.0. The van der Waals surface area contributed by atoms with Gasteiger partial charge in [0.05, 0.1) is 19.9 Å². The molecule has 1 aromatic heterocycles. The molecule has 154 valence electrons. The number of H-pyrrole nitrogens is 1. The average Bonchev–Trinajstić information content (AvgIpc) is 3.04. The molecule has 10 heteroatoms. The summed E-state index contributed by atoms with van der Waals surface area (Å²) >= 11 is 2.10. The van der Waals surface area contributed by atoms with Crippen molar-refractivity contribution in [1.29, 1.82) is 0 Å². The highest BCUT2D eigenvalue weighted by molar-refractivity contribution is 14.1. The first-order valence-electron chi connectivity index (χ1n) is 8.67. The third-order valence-corrected chi connectivity index (χ3v) is 5.48. The zero-order valence-electron chi connectivity index (χ0n) is 15.8. The Balaban J connectivity index is 1.95. The summed E-state index contributed by atoms with van der Waals surface area (Å²) in [6.45, 7) is 0. The number of halogens is 1. The van der Waals surface area contributed by atoms with E-state index in [1.807, 2.05) is 0 Å². The molecule has 1 unspecified atom stereocenters. The Kier molecular flexibility index (Phi) is 5.02. The maximum Gasteiger partial charge on any atom is 0.343 e. The van der Waals surface area contributed by atoms with Gasteiger partial charge < -0.3 is 19.3 Å². The number of hydrogen-bond acceptors (Lipinski definition) is 7. The molecule has 0 amide bonds. The van der Waals surface area contributed by atoms with Gasteiger partial charge in [-0.15, -0.1) is 0 Å². The van der Waals surface area contributed by atoms with Crippen molar-refractivity contribution in [3.63, 3.8) is 0 Å². The van der Waals surface area contributed by atoms with Gasteiger partial charge >= 0.3 is 11.7 Å². The van der Waals surface area contributed by atoms with Crippen molar-refractivity contribution in [3.05, 3.63) is 77.5 Å². The van der Waals surface area contributed by atoms with Crippen molar-refractivity contribution >= 4 is 28.6 Å². The number of fused-ring (bicyclic) bond motifs is 1. The number of hydrogen-bond donors (Lipinski definition) is 2. The highest BCUT2D eigenvalue weighted by Gasteiger charge is 2.40. The second kappa shape index (κ2) is 7.52. The van der Waals surface area contributed by atoms with Gasteiger partial charge in [0.15, 0.2) is 17.6 Å². The van der Waals surface area contributed by atoms with Crippen molar-refractivity contribution in [1.82, 2.24) is 9.55 Å². The number of nitrogens with zero attached hydrogens (tertiary/aromatic N) is 1. The van der Waals surface area contributed by atoms with Crippen LogP contribution in [0, 0.1) is 3.57 Å². The molecule has 1 aliphatic rings.